The number of carbonyl (C=O) groups excluding carboxylic acids is 1. The molecule has 0 aliphatic carbocycles. The predicted octanol–water partition coefficient (Wildman–Crippen LogP) is 4.88. The van der Waals surface area contributed by atoms with E-state index in [4.69, 9.17) is 4.74 Å². The normalized spacial score (nSPS) is 13.1. The van der Waals surface area contributed by atoms with Crippen molar-refractivity contribution in [1.29, 1.82) is 5.26 Å². The molecule has 0 amide bonds. The zero-order valence-corrected chi connectivity index (χ0v) is 15.2. The van der Waals surface area contributed by atoms with E-state index in [9.17, 15) is 10.1 Å². The van der Waals surface area contributed by atoms with E-state index in [2.05, 4.69) is 18.2 Å². The topological polar surface area (TPSA) is 50.1 Å². The number of benzene rings is 2. The van der Waals surface area contributed by atoms with Crippen molar-refractivity contribution in [2.24, 2.45) is 5.41 Å². The molecule has 0 unspecified atom stereocenters. The van der Waals surface area contributed by atoms with Gasteiger partial charge in [-0.25, -0.2) is 4.79 Å². The Bertz CT molecular complexity index is 747. The highest BCUT2D eigenvalue weighted by molar-refractivity contribution is 5.83. The number of allylic oxidation sites excluding steroid dienone is 1. The molecule has 26 heavy (non-hydrogen) atoms. The maximum Gasteiger partial charge on any atom is 0.330 e. The number of esters is 1. The van der Waals surface area contributed by atoms with E-state index < -0.39 is 11.4 Å². The number of ether oxygens (including phenoxy) is 1. The van der Waals surface area contributed by atoms with Gasteiger partial charge in [0.2, 0.25) is 0 Å². The van der Waals surface area contributed by atoms with Crippen LogP contribution in [0.15, 0.2) is 72.8 Å². The largest absolute Gasteiger partial charge is 0.465 e. The van der Waals surface area contributed by atoms with Gasteiger partial charge in [0.1, 0.15) is 0 Å². The summed E-state index contributed by atoms with van der Waals surface area (Å²) in [6.07, 6.45) is 6.74. The number of nitriles is 1. The third-order valence-corrected chi connectivity index (χ3v) is 4.25. The summed E-state index contributed by atoms with van der Waals surface area (Å²) in [5.74, 6) is -0.481. The Hall–Kier alpha value is -2.86. The van der Waals surface area contributed by atoms with E-state index in [-0.39, 0.29) is 6.61 Å². The van der Waals surface area contributed by atoms with E-state index in [0.29, 0.717) is 6.42 Å². The van der Waals surface area contributed by atoms with E-state index in [1.54, 1.807) is 13.0 Å². The van der Waals surface area contributed by atoms with E-state index in [0.717, 1.165) is 24.8 Å². The summed E-state index contributed by atoms with van der Waals surface area (Å²) < 4.78 is 5.18. The molecule has 0 spiro atoms. The summed E-state index contributed by atoms with van der Waals surface area (Å²) in [7, 11) is 0. The SMILES string of the molecule is CCOC(=O)[C@](C#N)(/C=C/CCCc1ccccc1)Cc1ccccc1. The second-order valence-electron chi connectivity index (χ2n) is 6.25. The van der Waals surface area contributed by atoms with Crippen molar-refractivity contribution in [3.8, 4) is 6.07 Å². The number of nitrogens with zero attached hydrogens (tertiary/aromatic N) is 1. The summed E-state index contributed by atoms with van der Waals surface area (Å²) in [5, 5.41) is 9.77. The minimum absolute atomic E-state index is 0.263. The van der Waals surface area contributed by atoms with Crippen molar-refractivity contribution < 1.29 is 9.53 Å². The van der Waals surface area contributed by atoms with Crippen LogP contribution in [0.1, 0.15) is 30.9 Å². The molecule has 0 bridgehead atoms. The van der Waals surface area contributed by atoms with Gasteiger partial charge >= 0.3 is 5.97 Å². The zero-order valence-electron chi connectivity index (χ0n) is 15.2. The molecule has 2 aromatic rings. The first-order chi connectivity index (χ1) is 12.7. The number of hydrogen-bond donors (Lipinski definition) is 0. The molecule has 0 saturated carbocycles. The number of carbonyl (C=O) groups is 1. The van der Waals surface area contributed by atoms with Crippen LogP contribution in [0.4, 0.5) is 0 Å². The average molecular weight is 347 g/mol. The van der Waals surface area contributed by atoms with Gasteiger partial charge in [-0.05, 0) is 37.3 Å². The van der Waals surface area contributed by atoms with Gasteiger partial charge in [-0.1, -0.05) is 72.8 Å². The Morgan fingerprint density at radius 1 is 1.08 bits per heavy atom. The average Bonchev–Trinajstić information content (AvgIpc) is 2.68. The van der Waals surface area contributed by atoms with Gasteiger partial charge in [-0.3, -0.25) is 0 Å². The van der Waals surface area contributed by atoms with Crippen LogP contribution in [-0.2, 0) is 22.4 Å². The van der Waals surface area contributed by atoms with Crippen LogP contribution < -0.4 is 0 Å². The molecule has 0 aliphatic heterocycles. The Morgan fingerprint density at radius 2 is 1.69 bits per heavy atom. The van der Waals surface area contributed by atoms with Gasteiger partial charge in [0.25, 0.3) is 0 Å². The summed E-state index contributed by atoms with van der Waals surface area (Å²) in [5.41, 5.74) is 0.961. The number of rotatable bonds is 9. The Kier molecular flexibility index (Phi) is 7.64. The lowest BCUT2D eigenvalue weighted by Gasteiger charge is -2.21. The van der Waals surface area contributed by atoms with Crippen molar-refractivity contribution >= 4 is 5.97 Å². The highest BCUT2D eigenvalue weighted by Crippen LogP contribution is 2.27. The zero-order chi connectivity index (χ0) is 18.7. The summed E-state index contributed by atoms with van der Waals surface area (Å²) >= 11 is 0. The minimum Gasteiger partial charge on any atom is -0.465 e. The van der Waals surface area contributed by atoms with Crippen molar-refractivity contribution in [3.63, 3.8) is 0 Å². The highest BCUT2D eigenvalue weighted by Gasteiger charge is 2.37. The van der Waals surface area contributed by atoms with Crippen LogP contribution in [0.3, 0.4) is 0 Å². The lowest BCUT2D eigenvalue weighted by atomic mass is 9.82. The van der Waals surface area contributed by atoms with Crippen LogP contribution >= 0.6 is 0 Å². The summed E-state index contributed by atoms with van der Waals surface area (Å²) in [6, 6.07) is 22.1. The fourth-order valence-electron chi connectivity index (χ4n) is 2.85. The molecule has 134 valence electrons. The highest BCUT2D eigenvalue weighted by atomic mass is 16.5. The molecule has 0 saturated heterocycles. The van der Waals surface area contributed by atoms with Crippen molar-refractivity contribution in [2.75, 3.05) is 6.61 Å². The van der Waals surface area contributed by atoms with Crippen molar-refractivity contribution in [3.05, 3.63) is 83.9 Å². The van der Waals surface area contributed by atoms with E-state index in [1.807, 2.05) is 54.6 Å². The second kappa shape index (κ2) is 10.2. The molecular formula is C23H25NO2. The molecule has 0 N–H and O–H groups in total. The smallest absolute Gasteiger partial charge is 0.330 e. The lowest BCUT2D eigenvalue weighted by Crippen LogP contribution is -2.32. The number of hydrogen-bond acceptors (Lipinski definition) is 3. The second-order valence-corrected chi connectivity index (χ2v) is 6.25. The number of unbranched alkanes of at least 4 members (excludes halogenated alkanes) is 1. The van der Waals surface area contributed by atoms with Gasteiger partial charge in [0.15, 0.2) is 5.41 Å². The maximum atomic E-state index is 12.5. The van der Waals surface area contributed by atoms with Gasteiger partial charge in [-0.2, -0.15) is 5.26 Å². The summed E-state index contributed by atoms with van der Waals surface area (Å²) in [6.45, 7) is 2.02. The molecule has 3 heteroatoms. The fourth-order valence-corrected chi connectivity index (χ4v) is 2.85. The molecule has 2 aromatic carbocycles. The first kappa shape index (κ1) is 19.5. The lowest BCUT2D eigenvalue weighted by molar-refractivity contribution is -0.149. The van der Waals surface area contributed by atoms with E-state index in [1.165, 1.54) is 5.56 Å². The van der Waals surface area contributed by atoms with Gasteiger partial charge in [0.05, 0.1) is 12.7 Å². The molecule has 0 radical (unpaired) electrons. The number of aryl methyl sites for hydroxylation is 1. The van der Waals surface area contributed by atoms with E-state index >= 15 is 0 Å². The fraction of sp³-hybridized carbons (Fsp3) is 0.304. The van der Waals surface area contributed by atoms with Crippen LogP contribution in [-0.4, -0.2) is 12.6 Å². The van der Waals surface area contributed by atoms with Gasteiger partial charge in [0, 0.05) is 6.42 Å². The molecule has 0 aliphatic rings. The molecule has 0 fully saturated rings. The molecule has 2 rings (SSSR count). The molecule has 0 aromatic heterocycles. The third kappa shape index (κ3) is 5.60. The first-order valence-electron chi connectivity index (χ1n) is 9.04. The van der Waals surface area contributed by atoms with Crippen molar-refractivity contribution in [2.45, 2.75) is 32.6 Å². The van der Waals surface area contributed by atoms with Gasteiger partial charge < -0.3 is 4.74 Å². The van der Waals surface area contributed by atoms with Crippen molar-refractivity contribution in [1.82, 2.24) is 0 Å². The molecule has 3 nitrogen and oxygen atoms in total. The Labute approximate surface area is 155 Å². The minimum atomic E-state index is -1.27. The third-order valence-electron chi connectivity index (χ3n) is 4.25. The van der Waals surface area contributed by atoms with Gasteiger partial charge in [-0.15, -0.1) is 0 Å². The monoisotopic (exact) mass is 347 g/mol. The van der Waals surface area contributed by atoms with Crippen LogP contribution in [0.25, 0.3) is 0 Å². The quantitative estimate of drug-likeness (QED) is 0.369. The summed E-state index contributed by atoms with van der Waals surface area (Å²) in [4.78, 5) is 12.5. The van der Waals surface area contributed by atoms with Crippen LogP contribution in [0, 0.1) is 16.7 Å². The molecule has 1 atom stereocenters. The Balaban J connectivity index is 2.05. The molecular weight excluding hydrogens is 322 g/mol. The van der Waals surface area contributed by atoms with Crippen LogP contribution in [0.2, 0.25) is 0 Å². The predicted molar refractivity (Wildman–Crippen MR) is 103 cm³/mol. The van der Waals surface area contributed by atoms with Crippen LogP contribution in [0.5, 0.6) is 0 Å². The molecule has 0 heterocycles. The standard InChI is InChI=1S/C23H25NO2/c1-2-26-22(25)23(19-24,18-21-15-8-4-9-16-21)17-11-5-10-14-20-12-6-3-7-13-20/h3-4,6-9,11-13,15-17H,2,5,10,14,18H2,1H3/b17-11+/t23-/m1/s1. The maximum absolute atomic E-state index is 12.5. The Morgan fingerprint density at radius 3 is 2.27 bits per heavy atom. The first-order valence-corrected chi connectivity index (χ1v) is 9.04.